The first-order valence-electron chi connectivity index (χ1n) is 8.29. The molecule has 0 bridgehead atoms. The highest BCUT2D eigenvalue weighted by atomic mass is 32.2. The highest BCUT2D eigenvalue weighted by Crippen LogP contribution is 2.28. The molecular weight excluding hydrogens is 334 g/mol. The Labute approximate surface area is 153 Å². The van der Waals surface area contributed by atoms with Crippen molar-refractivity contribution >= 4 is 11.4 Å². The third-order valence-electron chi connectivity index (χ3n) is 3.94. The number of ether oxygens (including phenoxy) is 2. The molecule has 0 aromatic heterocycles. The first-order chi connectivity index (χ1) is 11.8. The molecule has 2 atom stereocenters. The Morgan fingerprint density at radius 2 is 1.64 bits per heavy atom. The summed E-state index contributed by atoms with van der Waals surface area (Å²) in [6.45, 7) is 5.89. The van der Waals surface area contributed by atoms with Crippen molar-refractivity contribution in [3.8, 4) is 11.5 Å². The van der Waals surface area contributed by atoms with Gasteiger partial charge in [-0.25, -0.2) is 0 Å². The molecule has 0 aliphatic carbocycles. The van der Waals surface area contributed by atoms with Crippen molar-refractivity contribution in [2.45, 2.75) is 38.0 Å². The molecular formula is C20H27NO3S. The van der Waals surface area contributed by atoms with Crippen LogP contribution in [-0.4, -0.2) is 23.5 Å². The van der Waals surface area contributed by atoms with E-state index in [-0.39, 0.29) is 10.8 Å². The van der Waals surface area contributed by atoms with E-state index in [4.69, 9.17) is 9.47 Å². The van der Waals surface area contributed by atoms with E-state index in [9.17, 15) is 4.55 Å². The topological polar surface area (TPSA) is 53.5 Å². The highest BCUT2D eigenvalue weighted by molar-refractivity contribution is 7.90. The van der Waals surface area contributed by atoms with Gasteiger partial charge in [0.15, 0.2) is 0 Å². The van der Waals surface area contributed by atoms with E-state index >= 15 is 0 Å². The maximum absolute atomic E-state index is 12.7. The Bertz CT molecular complexity index is 667. The molecule has 0 aliphatic rings. The lowest BCUT2D eigenvalue weighted by Crippen LogP contribution is -2.41. The summed E-state index contributed by atoms with van der Waals surface area (Å²) in [7, 11) is 3.32. The van der Waals surface area contributed by atoms with E-state index in [1.54, 1.807) is 14.2 Å². The normalized spacial score (nSPS) is 14.0. The Balaban J connectivity index is 2.30. The van der Waals surface area contributed by atoms with Crippen LogP contribution < -0.4 is 14.2 Å². The first kappa shape index (κ1) is 19.6. The average Bonchev–Trinajstić information content (AvgIpc) is 2.60. The Morgan fingerprint density at radius 1 is 1.00 bits per heavy atom. The van der Waals surface area contributed by atoms with Gasteiger partial charge in [0.25, 0.3) is 0 Å². The van der Waals surface area contributed by atoms with Gasteiger partial charge in [0.1, 0.15) is 16.2 Å². The van der Waals surface area contributed by atoms with Gasteiger partial charge in [-0.2, -0.15) is 0 Å². The first-order valence-corrected chi connectivity index (χ1v) is 9.44. The third kappa shape index (κ3) is 5.39. The van der Waals surface area contributed by atoms with Gasteiger partial charge in [0, 0.05) is 11.4 Å². The van der Waals surface area contributed by atoms with Crippen molar-refractivity contribution in [1.82, 2.24) is 4.72 Å². The van der Waals surface area contributed by atoms with E-state index in [1.807, 2.05) is 69.3 Å². The monoisotopic (exact) mass is 361 g/mol. The molecule has 0 fully saturated rings. The number of hydrogen-bond donors (Lipinski definition) is 1. The Kier molecular flexibility index (Phi) is 6.76. The second-order valence-corrected chi connectivity index (χ2v) is 8.84. The van der Waals surface area contributed by atoms with Gasteiger partial charge in [-0.1, -0.05) is 30.3 Å². The minimum absolute atomic E-state index is 0.0951. The molecule has 1 N–H and O–H groups in total. The zero-order chi connectivity index (χ0) is 18.4. The molecule has 2 aromatic carbocycles. The Morgan fingerprint density at radius 3 is 2.20 bits per heavy atom. The van der Waals surface area contributed by atoms with Crippen molar-refractivity contribution in [3.63, 3.8) is 0 Å². The van der Waals surface area contributed by atoms with Crippen molar-refractivity contribution in [2.24, 2.45) is 0 Å². The quantitative estimate of drug-likeness (QED) is 0.756. The summed E-state index contributed by atoms with van der Waals surface area (Å²) in [5, 5.41) is 0. The molecule has 0 heterocycles. The third-order valence-corrected chi connectivity index (χ3v) is 5.55. The molecule has 0 amide bonds. The molecule has 2 rings (SSSR count). The molecule has 0 spiro atoms. The van der Waals surface area contributed by atoms with Crippen LogP contribution >= 0.6 is 0 Å². The zero-order valence-corrected chi connectivity index (χ0v) is 16.4. The number of para-hydroxylation sites is 1. The molecule has 2 aromatic rings. The van der Waals surface area contributed by atoms with Crippen LogP contribution in [0, 0.1) is 0 Å². The van der Waals surface area contributed by atoms with E-state index in [1.165, 1.54) is 0 Å². The molecule has 4 nitrogen and oxygen atoms in total. The van der Waals surface area contributed by atoms with Crippen LogP contribution in [-0.2, 0) is 17.8 Å². The lowest BCUT2D eigenvalue weighted by Gasteiger charge is -2.28. The fourth-order valence-corrected chi connectivity index (χ4v) is 3.29. The van der Waals surface area contributed by atoms with E-state index < -0.39 is 11.4 Å². The SMILES string of the molecule is COc1ccc([C@@H](Cc2ccccc2OC)N[S+]([O-])C(C)(C)C)cc1. The molecule has 136 valence electrons. The predicted molar refractivity (Wildman–Crippen MR) is 103 cm³/mol. The standard InChI is InChI=1S/C20H27NO3S/c1-20(2,3)25(22)21-18(15-10-12-17(23-4)13-11-15)14-16-8-6-7-9-19(16)24-5/h6-13,18,21H,14H2,1-5H3/t18-,25?/m1/s1. The molecule has 1 unspecified atom stereocenters. The minimum Gasteiger partial charge on any atom is -0.598 e. The maximum Gasteiger partial charge on any atom is 0.136 e. The number of benzene rings is 2. The van der Waals surface area contributed by atoms with E-state index in [0.717, 1.165) is 22.6 Å². The van der Waals surface area contributed by atoms with Crippen molar-refractivity contribution in [1.29, 1.82) is 0 Å². The van der Waals surface area contributed by atoms with Crippen molar-refractivity contribution in [3.05, 3.63) is 59.7 Å². The summed E-state index contributed by atoms with van der Waals surface area (Å²) in [5.74, 6) is 1.64. The van der Waals surface area contributed by atoms with Crippen LogP contribution in [0.5, 0.6) is 11.5 Å². The summed E-state index contributed by atoms with van der Waals surface area (Å²) in [6.07, 6.45) is 0.679. The summed E-state index contributed by atoms with van der Waals surface area (Å²) < 4.78 is 26.3. The average molecular weight is 362 g/mol. The second kappa shape index (κ2) is 8.61. The summed E-state index contributed by atoms with van der Waals surface area (Å²) in [5.41, 5.74) is 2.13. The number of nitrogens with one attached hydrogen (secondary N) is 1. The summed E-state index contributed by atoms with van der Waals surface area (Å²) >= 11 is -1.18. The maximum atomic E-state index is 12.7. The smallest absolute Gasteiger partial charge is 0.136 e. The number of rotatable bonds is 7. The lowest BCUT2D eigenvalue weighted by molar-refractivity contribution is 0.406. The minimum atomic E-state index is -1.18. The van der Waals surface area contributed by atoms with E-state index in [0.29, 0.717) is 6.42 Å². The van der Waals surface area contributed by atoms with Crippen LogP contribution in [0.25, 0.3) is 0 Å². The van der Waals surface area contributed by atoms with Crippen LogP contribution in [0.3, 0.4) is 0 Å². The van der Waals surface area contributed by atoms with Gasteiger partial charge in [0.2, 0.25) is 0 Å². The molecule has 0 saturated heterocycles. The fourth-order valence-electron chi connectivity index (χ4n) is 2.46. The zero-order valence-electron chi connectivity index (χ0n) is 15.5. The van der Waals surface area contributed by atoms with Crippen molar-refractivity contribution in [2.75, 3.05) is 14.2 Å². The summed E-state index contributed by atoms with van der Waals surface area (Å²) in [4.78, 5) is 0. The molecule has 0 saturated carbocycles. The predicted octanol–water partition coefficient (Wildman–Crippen LogP) is 4.04. The molecule has 0 aliphatic heterocycles. The number of hydrogen-bond acceptors (Lipinski definition) is 4. The van der Waals surface area contributed by atoms with Gasteiger partial charge in [-0.05, 0) is 56.5 Å². The van der Waals surface area contributed by atoms with Gasteiger partial charge in [-0.15, -0.1) is 4.72 Å². The highest BCUT2D eigenvalue weighted by Gasteiger charge is 2.30. The Hall–Kier alpha value is -1.69. The van der Waals surface area contributed by atoms with Gasteiger partial charge in [0.05, 0.1) is 20.3 Å². The van der Waals surface area contributed by atoms with Crippen LogP contribution in [0.1, 0.15) is 37.9 Å². The second-order valence-electron chi connectivity index (χ2n) is 6.84. The van der Waals surface area contributed by atoms with Gasteiger partial charge in [-0.3, -0.25) is 0 Å². The van der Waals surface area contributed by atoms with Crippen LogP contribution in [0.2, 0.25) is 0 Å². The molecule has 5 heteroatoms. The van der Waals surface area contributed by atoms with Crippen molar-refractivity contribution < 1.29 is 14.0 Å². The van der Waals surface area contributed by atoms with Crippen LogP contribution in [0.15, 0.2) is 48.5 Å². The largest absolute Gasteiger partial charge is 0.598 e. The summed E-state index contributed by atoms with van der Waals surface area (Å²) in [6, 6.07) is 15.7. The lowest BCUT2D eigenvalue weighted by atomic mass is 9.99. The fraction of sp³-hybridized carbons (Fsp3) is 0.400. The molecule has 0 radical (unpaired) electrons. The van der Waals surface area contributed by atoms with Gasteiger partial charge >= 0.3 is 0 Å². The molecule has 25 heavy (non-hydrogen) atoms. The van der Waals surface area contributed by atoms with E-state index in [2.05, 4.69) is 4.72 Å². The van der Waals surface area contributed by atoms with Crippen LogP contribution in [0.4, 0.5) is 0 Å². The van der Waals surface area contributed by atoms with Gasteiger partial charge < -0.3 is 14.0 Å². The number of methoxy groups -OCH3 is 2.